The Balaban J connectivity index is 1.55. The number of likely N-dealkylation sites (N-methyl/N-ethyl adjacent to an activating group) is 1. The van der Waals surface area contributed by atoms with Gasteiger partial charge in [0.25, 0.3) is 0 Å². The minimum Gasteiger partial charge on any atom is -0.378 e. The summed E-state index contributed by atoms with van der Waals surface area (Å²) in [6, 6.07) is 11.1. The molecule has 2 saturated heterocycles. The van der Waals surface area contributed by atoms with E-state index in [9.17, 15) is 14.0 Å². The molecule has 2 heterocycles. The number of rotatable bonds is 4. The van der Waals surface area contributed by atoms with Crippen molar-refractivity contribution in [3.8, 4) is 0 Å². The summed E-state index contributed by atoms with van der Waals surface area (Å²) in [7, 11) is 1.75. The molecule has 6 nitrogen and oxygen atoms in total. The number of carbonyl (C=O) groups excluding carboxylic acids is 2. The largest absolute Gasteiger partial charge is 0.378 e. The van der Waals surface area contributed by atoms with Crippen LogP contribution in [0.25, 0.3) is 0 Å². The minimum absolute atomic E-state index is 0.0507. The molecule has 2 aliphatic rings. The molecule has 0 aliphatic carbocycles. The Morgan fingerprint density at radius 2 is 1.73 bits per heavy atom. The molecule has 0 bridgehead atoms. The number of hydrogen-bond donors (Lipinski definition) is 0. The number of urea groups is 1. The fourth-order valence-corrected chi connectivity index (χ4v) is 4.75. The molecule has 9 heteroatoms. The number of carbonyl (C=O) groups is 2. The lowest BCUT2D eigenvalue weighted by Gasteiger charge is -2.31. The summed E-state index contributed by atoms with van der Waals surface area (Å²) in [5, 5.41) is 0.892. The summed E-state index contributed by atoms with van der Waals surface area (Å²) in [5.74, 6) is -0.559. The third-order valence-electron chi connectivity index (χ3n) is 6.37. The molecular formula is C24H26Cl2FN3O3. The molecule has 2 aromatic rings. The zero-order chi connectivity index (χ0) is 23.5. The van der Waals surface area contributed by atoms with Crippen molar-refractivity contribution in [1.82, 2.24) is 14.7 Å². The van der Waals surface area contributed by atoms with E-state index in [1.165, 1.54) is 12.1 Å². The van der Waals surface area contributed by atoms with Crippen molar-refractivity contribution in [2.24, 2.45) is 0 Å². The first-order valence-corrected chi connectivity index (χ1v) is 11.7. The fraction of sp³-hybridized carbons (Fsp3) is 0.417. The van der Waals surface area contributed by atoms with E-state index in [1.807, 2.05) is 12.1 Å². The Kier molecular flexibility index (Phi) is 7.41. The number of ether oxygens (including phenoxy) is 1. The Labute approximate surface area is 202 Å². The maximum absolute atomic E-state index is 13.2. The molecule has 2 atom stereocenters. The van der Waals surface area contributed by atoms with Gasteiger partial charge in [-0.3, -0.25) is 4.79 Å². The van der Waals surface area contributed by atoms with Crippen LogP contribution >= 0.6 is 23.2 Å². The summed E-state index contributed by atoms with van der Waals surface area (Å²) in [6.45, 7) is 3.03. The highest BCUT2D eigenvalue weighted by atomic mass is 35.5. The van der Waals surface area contributed by atoms with Gasteiger partial charge in [-0.25, -0.2) is 9.18 Å². The van der Waals surface area contributed by atoms with Gasteiger partial charge in [-0.15, -0.1) is 0 Å². The van der Waals surface area contributed by atoms with Crippen molar-refractivity contribution >= 4 is 35.1 Å². The second-order valence-electron chi connectivity index (χ2n) is 8.44. The summed E-state index contributed by atoms with van der Waals surface area (Å²) in [6.07, 6.45) is 0.152. The third kappa shape index (κ3) is 5.42. The van der Waals surface area contributed by atoms with Gasteiger partial charge in [-0.05, 0) is 35.4 Å². The van der Waals surface area contributed by atoms with Crippen LogP contribution in [0.5, 0.6) is 0 Å². The van der Waals surface area contributed by atoms with E-state index < -0.39 is 0 Å². The lowest BCUT2D eigenvalue weighted by molar-refractivity contribution is -0.131. The van der Waals surface area contributed by atoms with Gasteiger partial charge in [0.1, 0.15) is 5.82 Å². The van der Waals surface area contributed by atoms with Crippen LogP contribution in [-0.2, 0) is 16.0 Å². The molecule has 2 aliphatic heterocycles. The monoisotopic (exact) mass is 493 g/mol. The zero-order valence-corrected chi connectivity index (χ0v) is 19.9. The van der Waals surface area contributed by atoms with Crippen molar-refractivity contribution in [1.29, 1.82) is 0 Å². The smallest absolute Gasteiger partial charge is 0.320 e. The van der Waals surface area contributed by atoms with E-state index in [0.29, 0.717) is 49.4 Å². The zero-order valence-electron chi connectivity index (χ0n) is 18.3. The molecule has 0 spiro atoms. The molecule has 0 saturated carbocycles. The van der Waals surface area contributed by atoms with Crippen LogP contribution in [0.15, 0.2) is 42.5 Å². The number of morpholine rings is 1. The quantitative estimate of drug-likeness (QED) is 0.645. The lowest BCUT2D eigenvalue weighted by atomic mass is 9.93. The first kappa shape index (κ1) is 23.8. The molecular weight excluding hydrogens is 468 g/mol. The summed E-state index contributed by atoms with van der Waals surface area (Å²) >= 11 is 12.4. The van der Waals surface area contributed by atoms with Crippen molar-refractivity contribution in [2.45, 2.75) is 18.4 Å². The predicted octanol–water partition coefficient (Wildman–Crippen LogP) is 4.05. The van der Waals surface area contributed by atoms with Crippen LogP contribution < -0.4 is 0 Å². The van der Waals surface area contributed by atoms with Crippen molar-refractivity contribution in [3.05, 3.63) is 69.5 Å². The van der Waals surface area contributed by atoms with E-state index in [2.05, 4.69) is 0 Å². The van der Waals surface area contributed by atoms with Crippen LogP contribution in [0.1, 0.15) is 17.0 Å². The van der Waals surface area contributed by atoms with Crippen molar-refractivity contribution < 1.29 is 18.7 Å². The molecule has 3 amide bonds. The highest BCUT2D eigenvalue weighted by Gasteiger charge is 2.41. The van der Waals surface area contributed by atoms with Crippen molar-refractivity contribution in [2.75, 3.05) is 46.4 Å². The molecule has 0 N–H and O–H groups in total. The highest BCUT2D eigenvalue weighted by Crippen LogP contribution is 2.35. The molecule has 2 aromatic carbocycles. The minimum atomic E-state index is -0.340. The molecule has 0 radical (unpaired) electrons. The van der Waals surface area contributed by atoms with E-state index >= 15 is 0 Å². The van der Waals surface area contributed by atoms with Gasteiger partial charge in [-0.2, -0.15) is 0 Å². The second kappa shape index (κ2) is 10.3. The van der Waals surface area contributed by atoms with Gasteiger partial charge in [0.2, 0.25) is 5.91 Å². The third-order valence-corrected chi connectivity index (χ3v) is 7.11. The van der Waals surface area contributed by atoms with Crippen LogP contribution in [0.4, 0.5) is 9.18 Å². The lowest BCUT2D eigenvalue weighted by Crippen LogP contribution is -2.48. The van der Waals surface area contributed by atoms with Gasteiger partial charge in [0.15, 0.2) is 0 Å². The molecule has 4 rings (SSSR count). The van der Waals surface area contributed by atoms with E-state index in [4.69, 9.17) is 27.9 Å². The summed E-state index contributed by atoms with van der Waals surface area (Å²) in [4.78, 5) is 31.6. The van der Waals surface area contributed by atoms with E-state index in [-0.39, 0.29) is 36.1 Å². The van der Waals surface area contributed by atoms with Crippen LogP contribution in [0.2, 0.25) is 10.0 Å². The van der Waals surface area contributed by atoms with E-state index in [0.717, 1.165) is 11.1 Å². The molecule has 0 unspecified atom stereocenters. The number of nitrogens with zero attached hydrogens (tertiary/aromatic N) is 3. The Morgan fingerprint density at radius 1 is 1.03 bits per heavy atom. The van der Waals surface area contributed by atoms with Gasteiger partial charge in [0, 0.05) is 39.1 Å². The van der Waals surface area contributed by atoms with Crippen LogP contribution in [0, 0.1) is 5.82 Å². The second-order valence-corrected chi connectivity index (χ2v) is 9.26. The summed E-state index contributed by atoms with van der Waals surface area (Å²) < 4.78 is 18.6. The number of hydrogen-bond acceptors (Lipinski definition) is 3. The first-order valence-electron chi connectivity index (χ1n) is 10.9. The Bertz CT molecular complexity index is 1010. The van der Waals surface area contributed by atoms with Crippen LogP contribution in [-0.4, -0.2) is 79.1 Å². The summed E-state index contributed by atoms with van der Waals surface area (Å²) in [5.41, 5.74) is 1.66. The van der Waals surface area contributed by atoms with E-state index in [1.54, 1.807) is 39.9 Å². The molecule has 2 fully saturated rings. The fourth-order valence-electron chi connectivity index (χ4n) is 4.45. The van der Waals surface area contributed by atoms with Gasteiger partial charge in [-0.1, -0.05) is 41.4 Å². The number of halogens is 3. The van der Waals surface area contributed by atoms with Gasteiger partial charge >= 0.3 is 6.03 Å². The van der Waals surface area contributed by atoms with Gasteiger partial charge in [0.05, 0.1) is 35.7 Å². The maximum atomic E-state index is 13.2. The number of amides is 3. The standard InChI is InChI=1S/C24H26Cl2FN3O3/c1-28(23(31)12-16-2-5-18(27)6-3-16)22-15-30(24(32)29-8-10-33-11-9-29)14-19(22)17-4-7-20(25)21(26)13-17/h2-7,13,19,22H,8-12,14-15H2,1H3/t19-,22+/m0/s1. The molecule has 33 heavy (non-hydrogen) atoms. The van der Waals surface area contributed by atoms with Crippen molar-refractivity contribution in [3.63, 3.8) is 0 Å². The first-order chi connectivity index (χ1) is 15.8. The topological polar surface area (TPSA) is 53.1 Å². The molecule has 0 aromatic heterocycles. The average Bonchev–Trinajstić information content (AvgIpc) is 3.27. The normalized spacial score (nSPS) is 20.7. The highest BCUT2D eigenvalue weighted by molar-refractivity contribution is 6.42. The Morgan fingerprint density at radius 3 is 2.39 bits per heavy atom. The van der Waals surface area contributed by atoms with Gasteiger partial charge < -0.3 is 19.4 Å². The average molecular weight is 494 g/mol. The maximum Gasteiger partial charge on any atom is 0.320 e. The Hall–Kier alpha value is -2.35. The predicted molar refractivity (Wildman–Crippen MR) is 125 cm³/mol. The number of benzene rings is 2. The van der Waals surface area contributed by atoms with Crippen LogP contribution in [0.3, 0.4) is 0 Å². The molecule has 176 valence electrons. The number of likely N-dealkylation sites (tertiary alicyclic amines) is 1. The SMILES string of the molecule is CN(C(=O)Cc1ccc(F)cc1)[C@@H]1CN(C(=O)N2CCOCC2)C[C@H]1c1ccc(Cl)c(Cl)c1.